The Bertz CT molecular complexity index is 439. The predicted molar refractivity (Wildman–Crippen MR) is 74.7 cm³/mol. The Hall–Kier alpha value is -0.530. The minimum Gasteiger partial charge on any atom is -0.140 e. The first-order chi connectivity index (χ1) is 7.59. The van der Waals surface area contributed by atoms with Gasteiger partial charge in [-0.05, 0) is 23.4 Å². The van der Waals surface area contributed by atoms with Crippen LogP contribution in [0.1, 0.15) is 31.6 Å². The number of benzene rings is 1. The Morgan fingerprint density at radius 3 is 2.44 bits per heavy atom. The molecule has 0 bridgehead atoms. The third-order valence-electron chi connectivity index (χ3n) is 3.01. The van der Waals surface area contributed by atoms with Crippen molar-refractivity contribution < 1.29 is 0 Å². The molecule has 2 rings (SSSR count). The molecule has 0 fully saturated rings. The van der Waals surface area contributed by atoms with Crippen molar-refractivity contribution in [3.8, 4) is 0 Å². The molecule has 0 nitrogen and oxygen atoms in total. The van der Waals surface area contributed by atoms with Crippen LogP contribution >= 0.6 is 22.9 Å². The van der Waals surface area contributed by atoms with Gasteiger partial charge in [-0.15, -0.1) is 22.9 Å². The third-order valence-corrected chi connectivity index (χ3v) is 5.21. The van der Waals surface area contributed by atoms with E-state index in [1.807, 2.05) is 11.3 Å². The highest BCUT2D eigenvalue weighted by Crippen LogP contribution is 2.35. The van der Waals surface area contributed by atoms with Crippen LogP contribution in [0.2, 0.25) is 0 Å². The number of halogens is 1. The van der Waals surface area contributed by atoms with E-state index in [-0.39, 0.29) is 5.38 Å². The van der Waals surface area contributed by atoms with Gasteiger partial charge < -0.3 is 0 Å². The number of hydrogen-bond donors (Lipinski definition) is 0. The van der Waals surface area contributed by atoms with Gasteiger partial charge in [0, 0.05) is 20.9 Å². The molecule has 16 heavy (non-hydrogen) atoms. The molecule has 0 radical (unpaired) electrons. The zero-order chi connectivity index (χ0) is 11.7. The first-order valence-electron chi connectivity index (χ1n) is 5.72. The van der Waals surface area contributed by atoms with Gasteiger partial charge in [0.25, 0.3) is 0 Å². The van der Waals surface area contributed by atoms with Crippen molar-refractivity contribution in [1.29, 1.82) is 0 Å². The fourth-order valence-corrected chi connectivity index (χ4v) is 3.34. The number of rotatable bonds is 3. The van der Waals surface area contributed by atoms with Gasteiger partial charge in [0.1, 0.15) is 0 Å². The van der Waals surface area contributed by atoms with E-state index in [0.717, 1.165) is 0 Å². The van der Waals surface area contributed by atoms with Gasteiger partial charge in [-0.1, -0.05) is 39.0 Å². The summed E-state index contributed by atoms with van der Waals surface area (Å²) in [5.41, 5.74) is 0. The second kappa shape index (κ2) is 4.77. The van der Waals surface area contributed by atoms with Gasteiger partial charge in [0.15, 0.2) is 0 Å². The highest BCUT2D eigenvalue weighted by atomic mass is 35.5. The van der Waals surface area contributed by atoms with Crippen LogP contribution in [-0.2, 0) is 0 Å². The highest BCUT2D eigenvalue weighted by Gasteiger charge is 2.21. The SMILES string of the molecule is CC(C)C(Cl)C(C)c1cc2ccccc2s1. The topological polar surface area (TPSA) is 0 Å². The summed E-state index contributed by atoms with van der Waals surface area (Å²) in [7, 11) is 0. The van der Waals surface area contributed by atoms with Crippen molar-refractivity contribution in [2.75, 3.05) is 0 Å². The smallest absolute Gasteiger partial charge is 0.0432 e. The second-order valence-corrected chi connectivity index (χ2v) is 6.28. The Labute approximate surface area is 106 Å². The Balaban J connectivity index is 2.33. The minimum absolute atomic E-state index is 0.216. The van der Waals surface area contributed by atoms with Crippen molar-refractivity contribution in [3.05, 3.63) is 35.2 Å². The summed E-state index contributed by atoms with van der Waals surface area (Å²) in [5, 5.41) is 1.55. The van der Waals surface area contributed by atoms with Gasteiger partial charge in [-0.3, -0.25) is 0 Å². The van der Waals surface area contributed by atoms with Crippen LogP contribution in [-0.4, -0.2) is 5.38 Å². The lowest BCUT2D eigenvalue weighted by Gasteiger charge is -2.19. The van der Waals surface area contributed by atoms with E-state index in [2.05, 4.69) is 51.1 Å². The normalized spacial score (nSPS) is 15.6. The number of hydrogen-bond acceptors (Lipinski definition) is 1. The molecule has 0 aliphatic rings. The summed E-state index contributed by atoms with van der Waals surface area (Å²) in [4.78, 5) is 1.40. The Morgan fingerprint density at radius 2 is 1.81 bits per heavy atom. The van der Waals surface area contributed by atoms with Crippen molar-refractivity contribution in [2.24, 2.45) is 5.92 Å². The molecule has 86 valence electrons. The fourth-order valence-electron chi connectivity index (χ4n) is 1.96. The van der Waals surface area contributed by atoms with E-state index < -0.39 is 0 Å². The predicted octanol–water partition coefficient (Wildman–Crippen LogP) is 5.27. The van der Waals surface area contributed by atoms with Gasteiger partial charge in [0.2, 0.25) is 0 Å². The van der Waals surface area contributed by atoms with Crippen LogP contribution in [0.4, 0.5) is 0 Å². The molecule has 2 unspecified atom stereocenters. The summed E-state index contributed by atoms with van der Waals surface area (Å²) in [6, 6.07) is 10.8. The lowest BCUT2D eigenvalue weighted by molar-refractivity contribution is 0.538. The maximum Gasteiger partial charge on any atom is 0.0432 e. The molecular formula is C14H17ClS. The standard InChI is InChI=1S/C14H17ClS/c1-9(2)14(15)10(3)13-8-11-6-4-5-7-12(11)16-13/h4-10,14H,1-3H3. The Kier molecular flexibility index (Phi) is 3.56. The van der Waals surface area contributed by atoms with Crippen LogP contribution in [0.3, 0.4) is 0 Å². The molecule has 0 aliphatic heterocycles. The first-order valence-corrected chi connectivity index (χ1v) is 6.97. The quantitative estimate of drug-likeness (QED) is 0.653. The fraction of sp³-hybridized carbons (Fsp3) is 0.429. The molecule has 0 spiro atoms. The van der Waals surface area contributed by atoms with Crippen LogP contribution < -0.4 is 0 Å². The van der Waals surface area contributed by atoms with Gasteiger partial charge in [-0.2, -0.15) is 0 Å². The zero-order valence-electron chi connectivity index (χ0n) is 9.91. The van der Waals surface area contributed by atoms with Crippen LogP contribution in [0.5, 0.6) is 0 Å². The number of fused-ring (bicyclic) bond motifs is 1. The Morgan fingerprint density at radius 1 is 1.12 bits per heavy atom. The highest BCUT2D eigenvalue weighted by molar-refractivity contribution is 7.19. The molecule has 2 atom stereocenters. The van der Waals surface area contributed by atoms with Crippen LogP contribution in [0.25, 0.3) is 10.1 Å². The molecule has 1 heterocycles. The molecule has 2 aromatic rings. The average molecular weight is 253 g/mol. The summed E-state index contributed by atoms with van der Waals surface area (Å²) in [5.74, 6) is 0.945. The minimum atomic E-state index is 0.216. The summed E-state index contributed by atoms with van der Waals surface area (Å²) < 4.78 is 1.36. The van der Waals surface area contributed by atoms with E-state index in [4.69, 9.17) is 11.6 Å². The maximum absolute atomic E-state index is 6.43. The molecule has 0 saturated heterocycles. The van der Waals surface area contributed by atoms with E-state index in [1.54, 1.807) is 0 Å². The van der Waals surface area contributed by atoms with Crippen LogP contribution in [0, 0.1) is 5.92 Å². The maximum atomic E-state index is 6.43. The van der Waals surface area contributed by atoms with E-state index in [1.165, 1.54) is 15.0 Å². The molecule has 0 N–H and O–H groups in total. The number of alkyl halides is 1. The van der Waals surface area contributed by atoms with Crippen molar-refractivity contribution in [2.45, 2.75) is 32.1 Å². The molecule has 0 saturated carbocycles. The van der Waals surface area contributed by atoms with Crippen LogP contribution in [0.15, 0.2) is 30.3 Å². The largest absolute Gasteiger partial charge is 0.140 e. The van der Waals surface area contributed by atoms with Gasteiger partial charge in [0.05, 0.1) is 0 Å². The lowest BCUT2D eigenvalue weighted by atomic mass is 9.96. The average Bonchev–Trinajstić information content (AvgIpc) is 2.70. The summed E-state index contributed by atoms with van der Waals surface area (Å²) in [6.07, 6.45) is 0. The van der Waals surface area contributed by atoms with E-state index >= 15 is 0 Å². The molecule has 1 aromatic carbocycles. The number of thiophene rings is 1. The summed E-state index contributed by atoms with van der Waals surface area (Å²) in [6.45, 7) is 6.59. The molecule has 2 heteroatoms. The molecular weight excluding hydrogens is 236 g/mol. The van der Waals surface area contributed by atoms with Gasteiger partial charge in [-0.25, -0.2) is 0 Å². The first kappa shape index (κ1) is 11.9. The lowest BCUT2D eigenvalue weighted by Crippen LogP contribution is -2.15. The molecule has 0 amide bonds. The van der Waals surface area contributed by atoms with Crippen molar-refractivity contribution in [1.82, 2.24) is 0 Å². The van der Waals surface area contributed by atoms with Crippen molar-refractivity contribution >= 4 is 33.0 Å². The second-order valence-electron chi connectivity index (χ2n) is 4.66. The van der Waals surface area contributed by atoms with Crippen molar-refractivity contribution in [3.63, 3.8) is 0 Å². The summed E-state index contributed by atoms with van der Waals surface area (Å²) >= 11 is 8.30. The molecule has 0 aliphatic carbocycles. The van der Waals surface area contributed by atoms with Gasteiger partial charge >= 0.3 is 0 Å². The monoisotopic (exact) mass is 252 g/mol. The zero-order valence-corrected chi connectivity index (χ0v) is 11.5. The molecule has 1 aromatic heterocycles. The van der Waals surface area contributed by atoms with E-state index in [0.29, 0.717) is 11.8 Å². The third kappa shape index (κ3) is 2.26. The van der Waals surface area contributed by atoms with E-state index in [9.17, 15) is 0 Å².